The number of hydrogen-bond acceptors (Lipinski definition) is 4. The molecular weight excluding hydrogens is 310 g/mol. The first-order chi connectivity index (χ1) is 9.74. The smallest absolute Gasteiger partial charge is 0.206 e. The van der Waals surface area contributed by atoms with Crippen LogP contribution in [-0.2, 0) is 20.0 Å². The summed E-state index contributed by atoms with van der Waals surface area (Å²) >= 11 is 0. The van der Waals surface area contributed by atoms with E-state index in [-0.39, 0.29) is 9.79 Å². The van der Waals surface area contributed by atoms with Crippen molar-refractivity contribution in [1.29, 1.82) is 0 Å². The molecule has 0 radical (unpaired) electrons. The second kappa shape index (κ2) is 5.59. The lowest BCUT2D eigenvalue weighted by Gasteiger charge is -2.11. The summed E-state index contributed by atoms with van der Waals surface area (Å²) in [6.07, 6.45) is 0. The third-order valence-electron chi connectivity index (χ3n) is 2.99. The summed E-state index contributed by atoms with van der Waals surface area (Å²) in [5.41, 5.74) is 0.954. The van der Waals surface area contributed by atoms with E-state index >= 15 is 0 Å². The molecule has 7 heteroatoms. The lowest BCUT2D eigenvalue weighted by molar-refractivity contribution is 0.576. The lowest BCUT2D eigenvalue weighted by atomic mass is 10.2. The van der Waals surface area contributed by atoms with Crippen LogP contribution in [0.3, 0.4) is 0 Å². The molecule has 0 heterocycles. The highest BCUT2D eigenvalue weighted by Gasteiger charge is 2.26. The molecular formula is C14H15NO4S2. The van der Waals surface area contributed by atoms with Crippen molar-refractivity contribution in [2.45, 2.75) is 23.6 Å². The van der Waals surface area contributed by atoms with E-state index in [4.69, 9.17) is 0 Å². The fraction of sp³-hybridized carbons (Fsp3) is 0.143. The number of benzene rings is 2. The van der Waals surface area contributed by atoms with Crippen molar-refractivity contribution in [2.75, 3.05) is 0 Å². The summed E-state index contributed by atoms with van der Waals surface area (Å²) < 4.78 is 50.8. The number of sulfonamides is 2. The minimum atomic E-state index is -4.15. The van der Waals surface area contributed by atoms with Gasteiger partial charge in [0, 0.05) is 0 Å². The van der Waals surface area contributed by atoms with Gasteiger partial charge < -0.3 is 0 Å². The van der Waals surface area contributed by atoms with E-state index in [0.717, 1.165) is 0 Å². The Hall–Kier alpha value is -1.70. The first-order valence-corrected chi connectivity index (χ1v) is 9.10. The van der Waals surface area contributed by atoms with Crippen LogP contribution in [-0.4, -0.2) is 16.8 Å². The molecule has 2 aromatic carbocycles. The summed E-state index contributed by atoms with van der Waals surface area (Å²) in [5, 5.41) is 0. The third-order valence-corrected chi connectivity index (χ3v) is 6.82. The van der Waals surface area contributed by atoms with Gasteiger partial charge in [0.05, 0.1) is 9.79 Å². The molecule has 0 bridgehead atoms. The molecule has 0 aromatic heterocycles. The van der Waals surface area contributed by atoms with E-state index in [1.54, 1.807) is 54.4 Å². The highest BCUT2D eigenvalue weighted by Crippen LogP contribution is 2.19. The van der Waals surface area contributed by atoms with Crippen molar-refractivity contribution < 1.29 is 16.8 Å². The topological polar surface area (TPSA) is 80.3 Å². The maximum atomic E-state index is 12.3. The first kappa shape index (κ1) is 15.7. The summed E-state index contributed by atoms with van der Waals surface area (Å²) in [4.78, 5) is -0.107. The normalized spacial score (nSPS) is 12.3. The molecule has 21 heavy (non-hydrogen) atoms. The summed E-state index contributed by atoms with van der Waals surface area (Å²) in [5.74, 6) is 0. The van der Waals surface area contributed by atoms with Gasteiger partial charge in [0.25, 0.3) is 20.0 Å². The van der Waals surface area contributed by atoms with Gasteiger partial charge in [0.15, 0.2) is 0 Å². The molecule has 0 aliphatic heterocycles. The van der Waals surface area contributed by atoms with E-state index < -0.39 is 20.0 Å². The fourth-order valence-electron chi connectivity index (χ4n) is 1.95. The molecule has 5 nitrogen and oxygen atoms in total. The van der Waals surface area contributed by atoms with Crippen LogP contribution in [0.2, 0.25) is 0 Å². The van der Waals surface area contributed by atoms with E-state index in [9.17, 15) is 16.8 Å². The molecule has 0 amide bonds. The highest BCUT2D eigenvalue weighted by molar-refractivity contribution is 8.04. The summed E-state index contributed by atoms with van der Waals surface area (Å²) in [6, 6.07) is 12.4. The Bertz CT molecular complexity index is 798. The van der Waals surface area contributed by atoms with Gasteiger partial charge in [-0.2, -0.15) is 0 Å². The first-order valence-electron chi connectivity index (χ1n) is 6.14. The molecule has 0 aliphatic rings. The monoisotopic (exact) mass is 325 g/mol. The Balaban J connectivity index is 2.46. The van der Waals surface area contributed by atoms with Crippen LogP contribution in [0.5, 0.6) is 0 Å². The zero-order valence-electron chi connectivity index (χ0n) is 11.6. The van der Waals surface area contributed by atoms with Crippen LogP contribution < -0.4 is 4.13 Å². The quantitative estimate of drug-likeness (QED) is 0.932. The third kappa shape index (κ3) is 3.31. The number of aryl methyl sites for hydroxylation is 2. The zero-order chi connectivity index (χ0) is 15.7. The Morgan fingerprint density at radius 1 is 0.667 bits per heavy atom. The maximum absolute atomic E-state index is 12.3. The van der Waals surface area contributed by atoms with Crippen molar-refractivity contribution in [2.24, 2.45) is 0 Å². The van der Waals surface area contributed by atoms with Gasteiger partial charge in [-0.3, -0.25) is 0 Å². The predicted molar refractivity (Wildman–Crippen MR) is 79.9 cm³/mol. The van der Waals surface area contributed by atoms with Gasteiger partial charge in [0.1, 0.15) is 0 Å². The average molecular weight is 325 g/mol. The van der Waals surface area contributed by atoms with Gasteiger partial charge in [-0.25, -0.2) is 16.8 Å². The Morgan fingerprint density at radius 2 is 1.00 bits per heavy atom. The lowest BCUT2D eigenvalue weighted by Crippen LogP contribution is -2.31. The number of hydrogen-bond donors (Lipinski definition) is 1. The maximum Gasteiger partial charge on any atom is 0.254 e. The molecule has 0 atom stereocenters. The van der Waals surface area contributed by atoms with Gasteiger partial charge in [-0.05, 0) is 37.1 Å². The van der Waals surface area contributed by atoms with Gasteiger partial charge >= 0.3 is 0 Å². The van der Waals surface area contributed by atoms with Crippen LogP contribution in [0.25, 0.3) is 0 Å². The van der Waals surface area contributed by atoms with Crippen LogP contribution in [0.15, 0.2) is 58.3 Å². The van der Waals surface area contributed by atoms with Crippen molar-refractivity contribution in [1.82, 2.24) is 4.13 Å². The Morgan fingerprint density at radius 3 is 1.33 bits per heavy atom. The summed E-state index contributed by atoms with van der Waals surface area (Å²) in [6.45, 7) is 3.21. The molecule has 0 spiro atoms. The summed E-state index contributed by atoms with van der Waals surface area (Å²) in [7, 11) is -8.30. The molecule has 0 aliphatic carbocycles. The minimum Gasteiger partial charge on any atom is -0.206 e. The van der Waals surface area contributed by atoms with E-state index in [1.165, 1.54) is 12.1 Å². The molecule has 0 saturated heterocycles. The van der Waals surface area contributed by atoms with E-state index in [1.807, 2.05) is 0 Å². The van der Waals surface area contributed by atoms with Crippen LogP contribution in [0.1, 0.15) is 11.1 Å². The Kier molecular flexibility index (Phi) is 4.18. The number of rotatable bonds is 4. The van der Waals surface area contributed by atoms with Crippen molar-refractivity contribution in [3.05, 3.63) is 59.7 Å². The van der Waals surface area contributed by atoms with E-state index in [0.29, 0.717) is 11.1 Å². The van der Waals surface area contributed by atoms with Crippen LogP contribution >= 0.6 is 0 Å². The van der Waals surface area contributed by atoms with Crippen molar-refractivity contribution >= 4 is 20.0 Å². The van der Waals surface area contributed by atoms with Crippen LogP contribution in [0.4, 0.5) is 0 Å². The molecule has 2 aromatic rings. The van der Waals surface area contributed by atoms with Crippen molar-refractivity contribution in [3.63, 3.8) is 0 Å². The molecule has 0 saturated carbocycles. The molecule has 0 unspecified atom stereocenters. The minimum absolute atomic E-state index is 0.0536. The molecule has 112 valence electrons. The fourth-order valence-corrected chi connectivity index (χ4v) is 5.32. The largest absolute Gasteiger partial charge is 0.254 e. The molecule has 0 fully saturated rings. The Labute approximate surface area is 124 Å². The van der Waals surface area contributed by atoms with Crippen molar-refractivity contribution in [3.8, 4) is 0 Å². The van der Waals surface area contributed by atoms with Gasteiger partial charge in [0.2, 0.25) is 0 Å². The van der Waals surface area contributed by atoms with Gasteiger partial charge in [-0.1, -0.05) is 36.4 Å². The molecule has 2 rings (SSSR count). The zero-order valence-corrected chi connectivity index (χ0v) is 13.2. The van der Waals surface area contributed by atoms with Gasteiger partial charge in [-0.15, -0.1) is 4.13 Å². The number of nitrogens with one attached hydrogen (secondary N) is 1. The predicted octanol–water partition coefficient (Wildman–Crippen LogP) is 1.97. The highest BCUT2D eigenvalue weighted by atomic mass is 32.3. The molecule has 1 N–H and O–H groups in total. The van der Waals surface area contributed by atoms with E-state index in [2.05, 4.69) is 0 Å². The second-order valence-electron chi connectivity index (χ2n) is 4.62. The average Bonchev–Trinajstić information content (AvgIpc) is 2.38. The van der Waals surface area contributed by atoms with Crippen LogP contribution in [0, 0.1) is 13.8 Å². The standard InChI is InChI=1S/C14H15NO4S2/c1-11-7-3-5-9-13(11)20(16,17)15-21(18,19)14-10-6-4-8-12(14)2/h3-10,15H,1-2H3. The SMILES string of the molecule is Cc1ccccc1S(=O)(=O)NS(=O)(=O)c1ccccc1C. The second-order valence-corrected chi connectivity index (χ2v) is 8.18.